The van der Waals surface area contributed by atoms with Crippen LogP contribution in [0.1, 0.15) is 88.4 Å². The maximum Gasteiger partial charge on any atom is 0.233 e. The summed E-state index contributed by atoms with van der Waals surface area (Å²) in [5.41, 5.74) is 2.30. The lowest BCUT2D eigenvalue weighted by molar-refractivity contribution is -0.123. The first-order valence-corrected chi connectivity index (χ1v) is 15.8. The van der Waals surface area contributed by atoms with Crippen molar-refractivity contribution in [3.63, 3.8) is 0 Å². The van der Waals surface area contributed by atoms with E-state index in [9.17, 15) is 13.6 Å². The van der Waals surface area contributed by atoms with Crippen molar-refractivity contribution in [2.24, 2.45) is 5.92 Å². The molecule has 2 saturated carbocycles. The Hall–Kier alpha value is -1.49. The molecule has 1 heterocycles. The van der Waals surface area contributed by atoms with Crippen molar-refractivity contribution in [3.05, 3.63) is 39.6 Å². The van der Waals surface area contributed by atoms with Crippen molar-refractivity contribution in [2.75, 3.05) is 13.6 Å². The molecule has 11 heteroatoms. The minimum Gasteiger partial charge on any atom is -0.755 e. The van der Waals surface area contributed by atoms with Gasteiger partial charge in [-0.2, -0.15) is 0 Å². The molecule has 0 saturated heterocycles. The van der Waals surface area contributed by atoms with E-state index in [-0.39, 0.29) is 17.9 Å². The van der Waals surface area contributed by atoms with Gasteiger partial charge in [0.25, 0.3) is 0 Å². The number of aromatic nitrogens is 1. The van der Waals surface area contributed by atoms with Gasteiger partial charge in [0.05, 0.1) is 22.8 Å². The van der Waals surface area contributed by atoms with E-state index in [1.165, 1.54) is 0 Å². The molecule has 2 aliphatic rings. The number of benzene rings is 1. The Bertz CT molecular complexity index is 1110. The topological polar surface area (TPSA) is 108 Å². The maximum absolute atomic E-state index is 12.1. The number of amides is 1. The Balaban J connectivity index is 1.31. The largest absolute Gasteiger partial charge is 0.755 e. The second kappa shape index (κ2) is 14.4. The number of nitrogens with zero attached hydrogens (tertiary/aromatic N) is 2. The molecule has 0 bridgehead atoms. The van der Waals surface area contributed by atoms with Crippen molar-refractivity contribution in [1.29, 1.82) is 0 Å². The van der Waals surface area contributed by atoms with Gasteiger partial charge < -0.3 is 18.7 Å². The maximum atomic E-state index is 12.1. The Morgan fingerprint density at radius 2 is 1.87 bits per heavy atom. The zero-order valence-corrected chi connectivity index (χ0v) is 25.0. The third kappa shape index (κ3) is 8.27. The first-order valence-electron chi connectivity index (χ1n) is 13.9. The molecule has 1 N–H and O–H groups in total. The Labute approximate surface area is 243 Å². The second-order valence-electron chi connectivity index (χ2n) is 10.8. The van der Waals surface area contributed by atoms with Gasteiger partial charge in [-0.15, -0.1) is 0 Å². The lowest BCUT2D eigenvalue weighted by atomic mass is 9.88. The van der Waals surface area contributed by atoms with Crippen LogP contribution in [0.3, 0.4) is 0 Å². The highest BCUT2D eigenvalue weighted by atomic mass is 35.5. The van der Waals surface area contributed by atoms with Crippen LogP contribution in [0.2, 0.25) is 10.0 Å². The third-order valence-electron chi connectivity index (χ3n) is 8.05. The molecule has 216 valence electrons. The number of ether oxygens (including phenoxy) is 1. The summed E-state index contributed by atoms with van der Waals surface area (Å²) in [6, 6.07) is 5.87. The monoisotopic (exact) mass is 598 g/mol. The summed E-state index contributed by atoms with van der Waals surface area (Å²) >= 11 is 10.4. The van der Waals surface area contributed by atoms with Crippen LogP contribution >= 0.6 is 23.2 Å². The molecule has 0 aliphatic heterocycles. The number of carbonyl (C=O) groups is 1. The van der Waals surface area contributed by atoms with Gasteiger partial charge >= 0.3 is 0 Å². The van der Waals surface area contributed by atoms with Gasteiger partial charge in [0, 0.05) is 46.8 Å². The lowest BCUT2D eigenvalue weighted by Gasteiger charge is -2.32. The van der Waals surface area contributed by atoms with E-state index in [1.54, 1.807) is 0 Å². The van der Waals surface area contributed by atoms with Gasteiger partial charge in [0.2, 0.25) is 5.91 Å². The molecule has 2 aromatic rings. The van der Waals surface area contributed by atoms with E-state index in [0.717, 1.165) is 69.2 Å². The van der Waals surface area contributed by atoms with Crippen molar-refractivity contribution in [3.8, 4) is 11.3 Å². The SMILES string of the molecule is CCC(CCN(C)C1CCCC(C(=O)NS(=O)[O-])CCC1)OCc1c(-c2c(Cl)cccc2Cl)noc1C1CC1. The van der Waals surface area contributed by atoms with Crippen LogP contribution in [0.4, 0.5) is 0 Å². The Morgan fingerprint density at radius 1 is 1.21 bits per heavy atom. The fourth-order valence-corrected chi connectivity index (χ4v) is 6.45. The molecule has 0 radical (unpaired) electrons. The highest BCUT2D eigenvalue weighted by Gasteiger charge is 2.34. The number of carbonyl (C=O) groups excluding carboxylic acids is 1. The second-order valence-corrected chi connectivity index (χ2v) is 12.3. The molecule has 8 nitrogen and oxygen atoms in total. The van der Waals surface area contributed by atoms with Gasteiger partial charge in [-0.25, -0.2) is 0 Å². The average molecular weight is 600 g/mol. The fraction of sp³-hybridized carbons (Fsp3) is 0.643. The van der Waals surface area contributed by atoms with Gasteiger partial charge in [-0.1, -0.05) is 54.2 Å². The molecule has 39 heavy (non-hydrogen) atoms. The first kappa shape index (κ1) is 30.5. The molecule has 2 fully saturated rings. The highest BCUT2D eigenvalue weighted by Crippen LogP contribution is 2.46. The van der Waals surface area contributed by atoms with E-state index in [4.69, 9.17) is 32.5 Å². The van der Waals surface area contributed by atoms with Crippen LogP contribution in [0.25, 0.3) is 11.3 Å². The molecule has 1 aromatic heterocycles. The molecule has 1 amide bonds. The van der Waals surface area contributed by atoms with E-state index < -0.39 is 11.3 Å². The lowest BCUT2D eigenvalue weighted by Crippen LogP contribution is -2.37. The van der Waals surface area contributed by atoms with Crippen LogP contribution in [-0.2, 0) is 27.4 Å². The standard InChI is InChI=1S/C28H39Cl2N3O5S/c1-3-21(15-16-33(2)20-9-4-7-19(8-5-10-20)28(34)32-39(35)36)37-17-22-26(31-38-27(22)18-13-14-18)25-23(29)11-6-12-24(25)30/h6,11-12,18-21H,3-5,7-10,13-17H2,1-2H3,(H,32,34)(H,35,36)/p-1. The fourth-order valence-electron chi connectivity index (χ4n) is 5.54. The van der Waals surface area contributed by atoms with Crippen molar-refractivity contribution in [2.45, 2.75) is 95.8 Å². The van der Waals surface area contributed by atoms with Crippen LogP contribution in [0.15, 0.2) is 22.7 Å². The van der Waals surface area contributed by atoms with Gasteiger partial charge in [0.15, 0.2) is 0 Å². The van der Waals surface area contributed by atoms with Gasteiger partial charge in [-0.3, -0.25) is 13.7 Å². The van der Waals surface area contributed by atoms with Crippen LogP contribution in [0, 0.1) is 5.92 Å². The summed E-state index contributed by atoms with van der Waals surface area (Å²) in [6.45, 7) is 3.45. The quantitative estimate of drug-likeness (QED) is 0.282. The van der Waals surface area contributed by atoms with E-state index in [0.29, 0.717) is 52.7 Å². The minimum absolute atomic E-state index is 0.0820. The van der Waals surface area contributed by atoms with Gasteiger partial charge in [0.1, 0.15) is 11.5 Å². The van der Waals surface area contributed by atoms with E-state index >= 15 is 0 Å². The molecule has 4 rings (SSSR count). The minimum atomic E-state index is -2.55. The Morgan fingerprint density at radius 3 is 2.46 bits per heavy atom. The number of halogens is 2. The van der Waals surface area contributed by atoms with E-state index in [2.05, 4.69) is 24.0 Å². The van der Waals surface area contributed by atoms with E-state index in [1.807, 2.05) is 22.9 Å². The van der Waals surface area contributed by atoms with Crippen LogP contribution in [0.5, 0.6) is 0 Å². The summed E-state index contributed by atoms with van der Waals surface area (Å²) < 4.78 is 35.8. The molecule has 1 aromatic carbocycles. The van der Waals surface area contributed by atoms with Crippen molar-refractivity contribution in [1.82, 2.24) is 14.8 Å². The summed E-state index contributed by atoms with van der Waals surface area (Å²) in [4.78, 5) is 14.5. The molecule has 0 spiro atoms. The molecule has 2 aliphatic carbocycles. The first-order chi connectivity index (χ1) is 18.8. The molecule has 2 atom stereocenters. The summed E-state index contributed by atoms with van der Waals surface area (Å²) in [5.74, 6) is 0.659. The summed E-state index contributed by atoms with van der Waals surface area (Å²) in [7, 11) is 2.16. The molecule has 2 unspecified atom stereocenters. The molecular weight excluding hydrogens is 561 g/mol. The molecular formula is C28H38Cl2N3O5S-. The van der Waals surface area contributed by atoms with Crippen LogP contribution in [-0.4, -0.2) is 50.5 Å². The zero-order chi connectivity index (χ0) is 27.9. The normalized spacial score (nSPS) is 21.8. The van der Waals surface area contributed by atoms with Crippen molar-refractivity contribution < 1.29 is 22.8 Å². The number of nitrogens with one attached hydrogen (secondary N) is 1. The number of hydrogen-bond acceptors (Lipinski definition) is 7. The predicted molar refractivity (Wildman–Crippen MR) is 152 cm³/mol. The van der Waals surface area contributed by atoms with Crippen LogP contribution < -0.4 is 4.72 Å². The number of rotatable bonds is 12. The highest BCUT2D eigenvalue weighted by molar-refractivity contribution is 7.77. The zero-order valence-electron chi connectivity index (χ0n) is 22.6. The average Bonchev–Trinajstić information content (AvgIpc) is 3.64. The smallest absolute Gasteiger partial charge is 0.233 e. The summed E-state index contributed by atoms with van der Waals surface area (Å²) in [5, 5.41) is 5.45. The van der Waals surface area contributed by atoms with Gasteiger partial charge in [-0.05, 0) is 70.5 Å². The third-order valence-corrected chi connectivity index (χ3v) is 9.04. The van der Waals surface area contributed by atoms with Crippen molar-refractivity contribution >= 4 is 40.4 Å². The summed E-state index contributed by atoms with van der Waals surface area (Å²) in [6.07, 6.45) is 9.26. The Kier molecular flexibility index (Phi) is 11.3. The predicted octanol–water partition coefficient (Wildman–Crippen LogP) is 6.39. The number of hydrogen-bond donors (Lipinski definition) is 1.